The average molecular weight is 425 g/mol. The Bertz CT molecular complexity index is 840. The first-order valence-corrected chi connectivity index (χ1v) is 10.3. The van der Waals surface area contributed by atoms with Gasteiger partial charge in [-0.05, 0) is 48.7 Å². The molecule has 1 heterocycles. The summed E-state index contributed by atoms with van der Waals surface area (Å²) < 4.78 is 28.0. The summed E-state index contributed by atoms with van der Waals surface area (Å²) in [5.74, 6) is 0.0158. The Morgan fingerprint density at radius 2 is 1.82 bits per heavy atom. The molecule has 0 aliphatic carbocycles. The normalized spacial score (nSPS) is 17.7. The average Bonchev–Trinajstić information content (AvgIpc) is 2.71. The molecule has 1 fully saturated rings. The van der Waals surface area contributed by atoms with Gasteiger partial charge >= 0.3 is 0 Å². The highest BCUT2D eigenvalue weighted by atomic mass is 35.5. The summed E-state index contributed by atoms with van der Waals surface area (Å²) in [7, 11) is 0. The van der Waals surface area contributed by atoms with Gasteiger partial charge in [-0.1, -0.05) is 29.8 Å². The van der Waals surface area contributed by atoms with E-state index in [0.29, 0.717) is 36.5 Å². The molecular weight excluding hydrogens is 404 g/mol. The molecule has 3 N–H and O–H groups in total. The van der Waals surface area contributed by atoms with Gasteiger partial charge in [-0.15, -0.1) is 0 Å². The number of rotatable bonds is 6. The summed E-state index contributed by atoms with van der Waals surface area (Å²) in [5.41, 5.74) is 2.15. The van der Waals surface area contributed by atoms with Crippen LogP contribution in [0.5, 0.6) is 5.75 Å². The number of halogens is 1. The highest BCUT2D eigenvalue weighted by molar-refractivity contribution is 7.79. The van der Waals surface area contributed by atoms with E-state index >= 15 is 0 Å². The summed E-state index contributed by atoms with van der Waals surface area (Å²) >= 11 is 3.66. The SMILES string of the molecule is O=C(NO)c1ccccc1C(N1CCC(Oc2ccc(Cl)cc2)CC1)S(=O)O. The Balaban J connectivity index is 1.71. The molecule has 1 aliphatic rings. The molecular formula is C19H21ClN2O5S. The van der Waals surface area contributed by atoms with Crippen LogP contribution in [0.4, 0.5) is 0 Å². The van der Waals surface area contributed by atoms with Gasteiger partial charge in [0.2, 0.25) is 0 Å². The minimum atomic E-state index is -2.22. The lowest BCUT2D eigenvalue weighted by molar-refractivity contribution is 0.0699. The molecule has 1 amide bonds. The van der Waals surface area contributed by atoms with Crippen molar-refractivity contribution < 1.29 is 23.5 Å². The van der Waals surface area contributed by atoms with Gasteiger partial charge in [-0.25, -0.2) is 9.69 Å². The van der Waals surface area contributed by atoms with Gasteiger partial charge in [-0.3, -0.25) is 14.9 Å². The van der Waals surface area contributed by atoms with Crippen LogP contribution < -0.4 is 10.2 Å². The molecule has 3 rings (SSSR count). The lowest BCUT2D eigenvalue weighted by Crippen LogP contribution is -2.42. The third-order valence-corrected chi connectivity index (χ3v) is 5.87. The predicted octanol–water partition coefficient (Wildman–Crippen LogP) is 3.22. The quantitative estimate of drug-likeness (QED) is 0.374. The monoisotopic (exact) mass is 424 g/mol. The molecule has 2 atom stereocenters. The molecule has 0 aromatic heterocycles. The molecule has 1 saturated heterocycles. The van der Waals surface area contributed by atoms with Gasteiger partial charge in [-0.2, -0.15) is 0 Å². The number of hydrogen-bond acceptors (Lipinski definition) is 5. The van der Waals surface area contributed by atoms with Gasteiger partial charge in [0, 0.05) is 23.7 Å². The van der Waals surface area contributed by atoms with Crippen LogP contribution in [0.3, 0.4) is 0 Å². The van der Waals surface area contributed by atoms with E-state index in [1.54, 1.807) is 35.8 Å². The number of amides is 1. The molecule has 2 unspecified atom stereocenters. The Morgan fingerprint density at radius 3 is 2.43 bits per heavy atom. The number of piperidine rings is 1. The highest BCUT2D eigenvalue weighted by Gasteiger charge is 2.32. The van der Waals surface area contributed by atoms with Crippen LogP contribution in [0.25, 0.3) is 0 Å². The lowest BCUT2D eigenvalue weighted by Gasteiger charge is -2.36. The van der Waals surface area contributed by atoms with Crippen LogP contribution >= 0.6 is 11.6 Å². The van der Waals surface area contributed by atoms with E-state index in [0.717, 1.165) is 5.75 Å². The van der Waals surface area contributed by atoms with Gasteiger partial charge < -0.3 is 9.29 Å². The van der Waals surface area contributed by atoms with Gasteiger partial charge in [0.05, 0.1) is 0 Å². The Labute approximate surface area is 170 Å². The highest BCUT2D eigenvalue weighted by Crippen LogP contribution is 2.30. The molecule has 1 aliphatic heterocycles. The van der Waals surface area contributed by atoms with Crippen molar-refractivity contribution in [3.05, 3.63) is 64.7 Å². The maximum Gasteiger partial charge on any atom is 0.275 e. The smallest absolute Gasteiger partial charge is 0.275 e. The second kappa shape index (κ2) is 9.49. The summed E-state index contributed by atoms with van der Waals surface area (Å²) in [6, 6.07) is 13.6. The van der Waals surface area contributed by atoms with Gasteiger partial charge in [0.1, 0.15) is 17.2 Å². The third kappa shape index (κ3) is 4.89. The Morgan fingerprint density at radius 1 is 1.18 bits per heavy atom. The summed E-state index contributed by atoms with van der Waals surface area (Å²) in [6.07, 6.45) is 1.33. The van der Waals surface area contributed by atoms with E-state index in [-0.39, 0.29) is 11.7 Å². The standard InChI is InChI=1S/C19H21ClN2O5S/c20-13-5-7-14(8-6-13)27-15-9-11-22(12-10-15)19(28(25)26)17-4-2-1-3-16(17)18(23)21-24/h1-8,15,19,24H,9-12H2,(H,21,23)(H,25,26). The minimum absolute atomic E-state index is 0.0128. The first kappa shape index (κ1) is 20.8. The second-order valence-electron chi connectivity index (χ2n) is 6.46. The molecule has 0 saturated carbocycles. The number of nitrogens with one attached hydrogen (secondary N) is 1. The largest absolute Gasteiger partial charge is 0.490 e. The number of carbonyl (C=O) groups is 1. The number of nitrogens with zero attached hydrogens (tertiary/aromatic N) is 1. The zero-order valence-corrected chi connectivity index (χ0v) is 16.5. The van der Waals surface area contributed by atoms with E-state index < -0.39 is 22.4 Å². The van der Waals surface area contributed by atoms with Crippen LogP contribution in [0.15, 0.2) is 48.5 Å². The Hall–Kier alpha value is -1.97. The molecule has 0 spiro atoms. The van der Waals surface area contributed by atoms with Crippen molar-refractivity contribution in [2.75, 3.05) is 13.1 Å². The van der Waals surface area contributed by atoms with E-state index in [1.165, 1.54) is 6.07 Å². The number of ether oxygens (including phenoxy) is 1. The van der Waals surface area contributed by atoms with Crippen molar-refractivity contribution in [3.8, 4) is 5.75 Å². The van der Waals surface area contributed by atoms with Crippen molar-refractivity contribution in [1.29, 1.82) is 0 Å². The Kier molecular flexibility index (Phi) is 7.03. The molecule has 2 aromatic carbocycles. The van der Waals surface area contributed by atoms with E-state index in [2.05, 4.69) is 0 Å². The van der Waals surface area contributed by atoms with Gasteiger partial charge in [0.25, 0.3) is 5.91 Å². The summed E-state index contributed by atoms with van der Waals surface area (Å²) in [5, 5.41) is 8.73. The van der Waals surface area contributed by atoms with Crippen LogP contribution in [0, 0.1) is 0 Å². The lowest BCUT2D eigenvalue weighted by atomic mass is 10.0. The zero-order valence-electron chi connectivity index (χ0n) is 15.0. The fourth-order valence-corrected chi connectivity index (χ4v) is 4.36. The molecule has 7 nitrogen and oxygen atoms in total. The predicted molar refractivity (Wildman–Crippen MR) is 106 cm³/mol. The van der Waals surface area contributed by atoms with Crippen LogP contribution in [-0.2, 0) is 11.1 Å². The zero-order chi connectivity index (χ0) is 20.1. The minimum Gasteiger partial charge on any atom is -0.490 e. The maximum atomic E-state index is 12.1. The number of likely N-dealkylation sites (tertiary alicyclic amines) is 1. The van der Waals surface area contributed by atoms with Crippen LogP contribution in [0.1, 0.15) is 34.1 Å². The number of hydrogen-bond donors (Lipinski definition) is 3. The summed E-state index contributed by atoms with van der Waals surface area (Å²) in [6.45, 7) is 1.06. The topological polar surface area (TPSA) is 99.1 Å². The van der Waals surface area contributed by atoms with Crippen molar-refractivity contribution in [3.63, 3.8) is 0 Å². The van der Waals surface area contributed by atoms with Crippen molar-refractivity contribution in [1.82, 2.24) is 10.4 Å². The molecule has 9 heteroatoms. The van der Waals surface area contributed by atoms with Crippen LogP contribution in [-0.4, -0.2) is 44.0 Å². The fraction of sp³-hybridized carbons (Fsp3) is 0.316. The van der Waals surface area contributed by atoms with E-state index in [9.17, 15) is 13.6 Å². The van der Waals surface area contributed by atoms with Crippen molar-refractivity contribution >= 4 is 28.6 Å². The van der Waals surface area contributed by atoms with E-state index in [4.69, 9.17) is 21.5 Å². The number of hydroxylamine groups is 1. The first-order chi connectivity index (χ1) is 13.5. The second-order valence-corrected chi connectivity index (χ2v) is 7.90. The molecule has 0 radical (unpaired) electrons. The molecule has 28 heavy (non-hydrogen) atoms. The molecule has 2 aromatic rings. The number of benzene rings is 2. The van der Waals surface area contributed by atoms with E-state index in [1.807, 2.05) is 17.0 Å². The molecule has 0 bridgehead atoms. The van der Waals surface area contributed by atoms with Crippen LogP contribution in [0.2, 0.25) is 5.02 Å². The fourth-order valence-electron chi connectivity index (χ4n) is 3.35. The third-order valence-electron chi connectivity index (χ3n) is 4.69. The van der Waals surface area contributed by atoms with Crippen molar-refractivity contribution in [2.45, 2.75) is 24.3 Å². The molecule has 150 valence electrons. The van der Waals surface area contributed by atoms with Crippen molar-refractivity contribution in [2.24, 2.45) is 0 Å². The summed E-state index contributed by atoms with van der Waals surface area (Å²) in [4.78, 5) is 13.8. The maximum absolute atomic E-state index is 12.1. The first-order valence-electron chi connectivity index (χ1n) is 8.79. The number of carbonyl (C=O) groups excluding carboxylic acids is 1. The van der Waals surface area contributed by atoms with Gasteiger partial charge in [0.15, 0.2) is 11.1 Å².